The smallest absolute Gasteiger partial charge is 0.0514 e. The topological polar surface area (TPSA) is 15.8 Å². The lowest BCUT2D eigenvalue weighted by Gasteiger charge is -1.97. The number of nitrogens with one attached hydrogen (secondary N) is 1. The van der Waals surface area contributed by atoms with Crippen LogP contribution in [0.25, 0.3) is 22.2 Å². The zero-order valence-corrected chi connectivity index (χ0v) is 12.3. The van der Waals surface area contributed by atoms with Crippen molar-refractivity contribution in [1.82, 2.24) is 4.98 Å². The fourth-order valence-electron chi connectivity index (χ4n) is 1.95. The van der Waals surface area contributed by atoms with Gasteiger partial charge in [0.1, 0.15) is 0 Å². The minimum absolute atomic E-state index is 0.636. The predicted octanol–water partition coefficient (Wildman–Crippen LogP) is 5.90. The average Bonchev–Trinajstić information content (AvgIpc) is 2.74. The summed E-state index contributed by atoms with van der Waals surface area (Å²) in [6.07, 6.45) is 0. The predicted molar refractivity (Wildman–Crippen MR) is 81.5 cm³/mol. The molecule has 0 unspecified atom stereocenters. The molecule has 1 nitrogen and oxygen atoms in total. The molecular weight excluding hydrogens is 333 g/mol. The molecular formula is C14H8BrCl2N. The van der Waals surface area contributed by atoms with Gasteiger partial charge in [0.15, 0.2) is 0 Å². The van der Waals surface area contributed by atoms with Gasteiger partial charge in [0.2, 0.25) is 0 Å². The van der Waals surface area contributed by atoms with E-state index in [1.165, 1.54) is 0 Å². The lowest BCUT2D eigenvalue weighted by molar-refractivity contribution is 1.45. The van der Waals surface area contributed by atoms with Crippen molar-refractivity contribution in [3.05, 3.63) is 57.0 Å². The number of benzene rings is 2. The van der Waals surface area contributed by atoms with E-state index in [1.807, 2.05) is 36.4 Å². The number of fused-ring (bicyclic) bond motifs is 1. The van der Waals surface area contributed by atoms with E-state index in [4.69, 9.17) is 23.2 Å². The Balaban J connectivity index is 2.19. The molecule has 1 N–H and O–H groups in total. The van der Waals surface area contributed by atoms with Crippen molar-refractivity contribution >= 4 is 50.0 Å². The number of hydrogen-bond donors (Lipinski definition) is 1. The third-order valence-corrected chi connectivity index (χ3v) is 3.87. The summed E-state index contributed by atoms with van der Waals surface area (Å²) in [7, 11) is 0. The molecule has 0 spiro atoms. The van der Waals surface area contributed by atoms with Crippen LogP contribution in [0.15, 0.2) is 46.9 Å². The molecule has 18 heavy (non-hydrogen) atoms. The first-order chi connectivity index (χ1) is 8.63. The fourth-order valence-corrected chi connectivity index (χ4v) is 2.76. The molecule has 0 aliphatic carbocycles. The lowest BCUT2D eigenvalue weighted by Crippen LogP contribution is -1.75. The van der Waals surface area contributed by atoms with E-state index in [2.05, 4.69) is 20.9 Å². The summed E-state index contributed by atoms with van der Waals surface area (Å²) >= 11 is 15.6. The molecule has 0 aliphatic rings. The highest BCUT2D eigenvalue weighted by Crippen LogP contribution is 2.32. The van der Waals surface area contributed by atoms with Crippen LogP contribution in [0.5, 0.6) is 0 Å². The fraction of sp³-hybridized carbons (Fsp3) is 0. The van der Waals surface area contributed by atoms with Gasteiger partial charge in [0.25, 0.3) is 0 Å². The Morgan fingerprint density at radius 3 is 2.39 bits per heavy atom. The first-order valence-electron chi connectivity index (χ1n) is 5.37. The van der Waals surface area contributed by atoms with Gasteiger partial charge in [-0.25, -0.2) is 0 Å². The van der Waals surface area contributed by atoms with Crippen molar-refractivity contribution in [2.24, 2.45) is 0 Å². The Bertz CT molecular complexity index is 716. The highest BCUT2D eigenvalue weighted by atomic mass is 79.9. The molecule has 0 saturated heterocycles. The third-order valence-electron chi connectivity index (χ3n) is 2.81. The molecule has 0 radical (unpaired) electrons. The zero-order chi connectivity index (χ0) is 12.7. The van der Waals surface area contributed by atoms with Crippen LogP contribution in [-0.2, 0) is 0 Å². The number of aromatic amines is 1. The highest BCUT2D eigenvalue weighted by Gasteiger charge is 2.07. The Morgan fingerprint density at radius 2 is 1.67 bits per heavy atom. The van der Waals surface area contributed by atoms with E-state index in [0.29, 0.717) is 10.0 Å². The van der Waals surface area contributed by atoms with Gasteiger partial charge < -0.3 is 4.98 Å². The largest absolute Gasteiger partial charge is 0.354 e. The standard InChI is InChI=1S/C14H8BrCl2N/c15-9-3-1-8(2-4-9)13-7-11-12(17)5-10(16)6-14(11)18-13/h1-7,18H. The van der Waals surface area contributed by atoms with Gasteiger partial charge in [-0.1, -0.05) is 51.3 Å². The number of halogens is 3. The summed E-state index contributed by atoms with van der Waals surface area (Å²) in [4.78, 5) is 3.33. The lowest BCUT2D eigenvalue weighted by atomic mass is 10.1. The van der Waals surface area contributed by atoms with E-state index in [-0.39, 0.29) is 0 Å². The molecule has 1 aromatic heterocycles. The van der Waals surface area contributed by atoms with Crippen molar-refractivity contribution in [2.75, 3.05) is 0 Å². The molecule has 3 rings (SSSR count). The second-order valence-corrected chi connectivity index (χ2v) is 5.80. The Hall–Kier alpha value is -0.960. The van der Waals surface area contributed by atoms with Crippen LogP contribution in [-0.4, -0.2) is 4.98 Å². The van der Waals surface area contributed by atoms with Crippen LogP contribution >= 0.6 is 39.1 Å². The number of H-pyrrole nitrogens is 1. The molecule has 0 saturated carbocycles. The van der Waals surface area contributed by atoms with Gasteiger partial charge in [-0.05, 0) is 35.9 Å². The van der Waals surface area contributed by atoms with Crippen molar-refractivity contribution in [1.29, 1.82) is 0 Å². The van der Waals surface area contributed by atoms with Gasteiger partial charge >= 0.3 is 0 Å². The molecule has 3 aromatic rings. The van der Waals surface area contributed by atoms with E-state index < -0.39 is 0 Å². The molecule has 0 atom stereocenters. The van der Waals surface area contributed by atoms with Crippen molar-refractivity contribution < 1.29 is 0 Å². The molecule has 0 fully saturated rings. The SMILES string of the molecule is Clc1cc(Cl)c2cc(-c3ccc(Br)cc3)[nH]c2c1. The van der Waals surface area contributed by atoms with Gasteiger partial charge in [0.05, 0.1) is 5.02 Å². The highest BCUT2D eigenvalue weighted by molar-refractivity contribution is 9.10. The quantitative estimate of drug-likeness (QED) is 0.567. The first-order valence-corrected chi connectivity index (χ1v) is 6.92. The second-order valence-electron chi connectivity index (χ2n) is 4.04. The van der Waals surface area contributed by atoms with E-state index >= 15 is 0 Å². The summed E-state index contributed by atoms with van der Waals surface area (Å²) in [5.74, 6) is 0. The Labute approximate surface area is 123 Å². The van der Waals surface area contributed by atoms with Crippen molar-refractivity contribution in [2.45, 2.75) is 0 Å². The van der Waals surface area contributed by atoms with Crippen LogP contribution in [0.4, 0.5) is 0 Å². The van der Waals surface area contributed by atoms with Crippen LogP contribution in [0.1, 0.15) is 0 Å². The number of rotatable bonds is 1. The van der Waals surface area contributed by atoms with E-state index in [0.717, 1.165) is 26.6 Å². The zero-order valence-electron chi connectivity index (χ0n) is 9.18. The molecule has 0 aliphatic heterocycles. The van der Waals surface area contributed by atoms with Crippen molar-refractivity contribution in [3.8, 4) is 11.3 Å². The molecule has 1 heterocycles. The molecule has 2 aromatic carbocycles. The maximum absolute atomic E-state index is 6.18. The second kappa shape index (κ2) is 4.61. The summed E-state index contributed by atoms with van der Waals surface area (Å²) in [5.41, 5.74) is 3.09. The van der Waals surface area contributed by atoms with Gasteiger partial charge in [-0.2, -0.15) is 0 Å². The summed E-state index contributed by atoms with van der Waals surface area (Å²) in [5, 5.41) is 2.29. The summed E-state index contributed by atoms with van der Waals surface area (Å²) in [6.45, 7) is 0. The van der Waals surface area contributed by atoms with Crippen LogP contribution in [0.3, 0.4) is 0 Å². The monoisotopic (exact) mass is 339 g/mol. The van der Waals surface area contributed by atoms with Gasteiger partial charge in [-0.15, -0.1) is 0 Å². The molecule has 90 valence electrons. The van der Waals surface area contributed by atoms with Crippen LogP contribution < -0.4 is 0 Å². The van der Waals surface area contributed by atoms with Crippen LogP contribution in [0, 0.1) is 0 Å². The maximum Gasteiger partial charge on any atom is 0.0514 e. The Morgan fingerprint density at radius 1 is 0.944 bits per heavy atom. The van der Waals surface area contributed by atoms with Crippen LogP contribution in [0.2, 0.25) is 10.0 Å². The maximum atomic E-state index is 6.18. The number of aromatic nitrogens is 1. The normalized spacial score (nSPS) is 11.1. The minimum Gasteiger partial charge on any atom is -0.354 e. The van der Waals surface area contributed by atoms with E-state index in [9.17, 15) is 0 Å². The van der Waals surface area contributed by atoms with Crippen molar-refractivity contribution in [3.63, 3.8) is 0 Å². The summed E-state index contributed by atoms with van der Waals surface area (Å²) < 4.78 is 1.06. The third kappa shape index (κ3) is 2.16. The van der Waals surface area contributed by atoms with E-state index in [1.54, 1.807) is 6.07 Å². The molecule has 0 amide bonds. The minimum atomic E-state index is 0.636. The van der Waals surface area contributed by atoms with Gasteiger partial charge in [0, 0.05) is 26.1 Å². The first kappa shape index (κ1) is 12.1. The Kier molecular flexibility index (Phi) is 3.10. The average molecular weight is 341 g/mol. The molecule has 4 heteroatoms. The number of hydrogen-bond acceptors (Lipinski definition) is 0. The molecule has 0 bridgehead atoms. The summed E-state index contributed by atoms with van der Waals surface area (Å²) in [6, 6.07) is 13.8. The van der Waals surface area contributed by atoms with Gasteiger partial charge in [-0.3, -0.25) is 0 Å².